The molecule has 2 aliphatic rings. The lowest BCUT2D eigenvalue weighted by Gasteiger charge is -2.22. The SMILES string of the molecule is O=C(CN1C(=O)NC2(CCc3ccccc32)C1=O)Nc1nc(-c2cccc(-n3cnnn3)c2)cs1. The number of thiazole rings is 1. The molecule has 6 rings (SSSR count). The topological polar surface area (TPSA) is 135 Å². The van der Waals surface area contributed by atoms with E-state index in [2.05, 4.69) is 31.1 Å². The third-order valence-electron chi connectivity index (χ3n) is 6.23. The molecule has 4 aromatic rings. The van der Waals surface area contributed by atoms with E-state index in [9.17, 15) is 14.4 Å². The summed E-state index contributed by atoms with van der Waals surface area (Å²) in [4.78, 5) is 44.1. The van der Waals surface area contributed by atoms with E-state index >= 15 is 0 Å². The summed E-state index contributed by atoms with van der Waals surface area (Å²) in [6.45, 7) is -0.391. The first-order chi connectivity index (χ1) is 17.0. The number of hydrogen-bond acceptors (Lipinski definition) is 8. The standard InChI is InChI=1S/C23H18N8O3S/c32-19(11-30-20(33)23(27-22(30)34)9-8-14-4-1-2-7-17(14)23)26-21-25-18(12-35-21)15-5-3-6-16(10-15)31-13-24-28-29-31/h1-7,10,12-13H,8-9,11H2,(H,27,34)(H,25,26,32). The van der Waals surface area contributed by atoms with Crippen molar-refractivity contribution >= 4 is 34.3 Å². The molecule has 1 fully saturated rings. The van der Waals surface area contributed by atoms with Gasteiger partial charge < -0.3 is 10.6 Å². The minimum atomic E-state index is -1.09. The van der Waals surface area contributed by atoms with Crippen LogP contribution in [-0.2, 0) is 21.5 Å². The van der Waals surface area contributed by atoms with Crippen LogP contribution in [0.3, 0.4) is 0 Å². The molecule has 2 aromatic carbocycles. The Balaban J connectivity index is 1.15. The van der Waals surface area contributed by atoms with Crippen molar-refractivity contribution in [3.8, 4) is 16.9 Å². The van der Waals surface area contributed by atoms with Crippen LogP contribution in [0.25, 0.3) is 16.9 Å². The number of rotatable bonds is 5. The van der Waals surface area contributed by atoms with Crippen molar-refractivity contribution in [2.45, 2.75) is 18.4 Å². The Bertz CT molecular complexity index is 1470. The number of tetrazole rings is 1. The van der Waals surface area contributed by atoms with Crippen molar-refractivity contribution in [3.05, 3.63) is 71.4 Å². The van der Waals surface area contributed by atoms with Gasteiger partial charge >= 0.3 is 6.03 Å². The lowest BCUT2D eigenvalue weighted by Crippen LogP contribution is -2.42. The number of anilines is 1. The fourth-order valence-corrected chi connectivity index (χ4v) is 5.32. The number of urea groups is 1. The third-order valence-corrected chi connectivity index (χ3v) is 6.99. The first kappa shape index (κ1) is 21.1. The molecule has 3 heterocycles. The fourth-order valence-electron chi connectivity index (χ4n) is 4.59. The van der Waals surface area contributed by atoms with Crippen LogP contribution in [0.1, 0.15) is 17.5 Å². The highest BCUT2D eigenvalue weighted by atomic mass is 32.1. The quantitative estimate of drug-likeness (QED) is 0.413. The maximum atomic E-state index is 13.2. The van der Waals surface area contributed by atoms with Crippen LogP contribution < -0.4 is 10.6 Å². The van der Waals surface area contributed by atoms with Gasteiger partial charge in [0.25, 0.3) is 5.91 Å². The van der Waals surface area contributed by atoms with Crippen LogP contribution >= 0.6 is 11.3 Å². The number of aromatic nitrogens is 5. The normalized spacial score (nSPS) is 18.7. The molecular formula is C23H18N8O3S. The molecule has 11 nitrogen and oxygen atoms in total. The first-order valence-electron chi connectivity index (χ1n) is 10.9. The maximum absolute atomic E-state index is 13.2. The molecule has 2 N–H and O–H groups in total. The molecule has 1 unspecified atom stereocenters. The maximum Gasteiger partial charge on any atom is 0.325 e. The van der Waals surface area contributed by atoms with Gasteiger partial charge in [0.2, 0.25) is 5.91 Å². The lowest BCUT2D eigenvalue weighted by atomic mass is 9.92. The molecule has 4 amide bonds. The zero-order valence-corrected chi connectivity index (χ0v) is 19.0. The van der Waals surface area contributed by atoms with Crippen LogP contribution in [-0.4, -0.2) is 54.5 Å². The third kappa shape index (κ3) is 3.54. The van der Waals surface area contributed by atoms with Gasteiger partial charge in [-0.1, -0.05) is 36.4 Å². The predicted molar refractivity (Wildman–Crippen MR) is 126 cm³/mol. The molecule has 174 valence electrons. The van der Waals surface area contributed by atoms with Crippen LogP contribution in [0.15, 0.2) is 60.2 Å². The number of hydrogen-bond donors (Lipinski definition) is 2. The van der Waals surface area contributed by atoms with Crippen molar-refractivity contribution in [3.63, 3.8) is 0 Å². The number of nitrogens with one attached hydrogen (secondary N) is 2. The molecule has 0 radical (unpaired) electrons. The molecule has 0 bridgehead atoms. The van der Waals surface area contributed by atoms with Gasteiger partial charge in [0, 0.05) is 10.9 Å². The van der Waals surface area contributed by atoms with Gasteiger partial charge in [0.05, 0.1) is 11.4 Å². The monoisotopic (exact) mass is 486 g/mol. The zero-order chi connectivity index (χ0) is 24.0. The second kappa shape index (κ2) is 8.09. The Kier molecular flexibility index (Phi) is 4.88. The van der Waals surface area contributed by atoms with E-state index in [0.717, 1.165) is 27.3 Å². The molecule has 2 aromatic heterocycles. The van der Waals surface area contributed by atoms with Crippen LogP contribution in [0.4, 0.5) is 9.93 Å². The lowest BCUT2D eigenvalue weighted by molar-refractivity contribution is -0.134. The largest absolute Gasteiger partial charge is 0.325 e. The van der Waals surface area contributed by atoms with E-state index in [4.69, 9.17) is 0 Å². The van der Waals surface area contributed by atoms with Gasteiger partial charge in [-0.15, -0.1) is 16.4 Å². The van der Waals surface area contributed by atoms with Gasteiger partial charge in [0.1, 0.15) is 18.4 Å². The molecule has 0 saturated carbocycles. The van der Waals surface area contributed by atoms with Crippen molar-refractivity contribution in [1.82, 2.24) is 35.4 Å². The molecular weight excluding hydrogens is 468 g/mol. The van der Waals surface area contributed by atoms with Crippen LogP contribution in [0, 0.1) is 0 Å². The minimum absolute atomic E-state index is 0.366. The van der Waals surface area contributed by atoms with Crippen molar-refractivity contribution < 1.29 is 14.4 Å². The Morgan fingerprint density at radius 3 is 2.91 bits per heavy atom. The number of imide groups is 1. The summed E-state index contributed by atoms with van der Waals surface area (Å²) in [5.74, 6) is -0.901. The number of aryl methyl sites for hydroxylation is 1. The number of fused-ring (bicyclic) bond motifs is 2. The van der Waals surface area contributed by atoms with E-state index in [1.165, 1.54) is 22.3 Å². The number of benzene rings is 2. The fraction of sp³-hybridized carbons (Fsp3) is 0.174. The Labute approximate surface area is 202 Å². The summed E-state index contributed by atoms with van der Waals surface area (Å²) >= 11 is 1.25. The second-order valence-corrected chi connectivity index (χ2v) is 9.13. The average Bonchev–Trinajstić information content (AvgIpc) is 3.66. The van der Waals surface area contributed by atoms with E-state index in [1.54, 1.807) is 0 Å². The van der Waals surface area contributed by atoms with Gasteiger partial charge in [-0.2, -0.15) is 0 Å². The number of nitrogens with zero attached hydrogens (tertiary/aromatic N) is 6. The Morgan fingerprint density at radius 1 is 1.17 bits per heavy atom. The number of amides is 4. The highest BCUT2D eigenvalue weighted by Crippen LogP contribution is 2.41. The summed E-state index contributed by atoms with van der Waals surface area (Å²) < 4.78 is 1.53. The molecule has 12 heteroatoms. The minimum Gasteiger partial charge on any atom is -0.319 e. The van der Waals surface area contributed by atoms with Crippen molar-refractivity contribution in [1.29, 1.82) is 0 Å². The number of carbonyl (C=O) groups is 3. The molecule has 1 aliphatic carbocycles. The number of carbonyl (C=O) groups excluding carboxylic acids is 3. The zero-order valence-electron chi connectivity index (χ0n) is 18.2. The average molecular weight is 487 g/mol. The van der Waals surface area contributed by atoms with Crippen LogP contribution in [0.5, 0.6) is 0 Å². The molecule has 1 aliphatic heterocycles. The predicted octanol–water partition coefficient (Wildman–Crippen LogP) is 2.12. The van der Waals surface area contributed by atoms with Gasteiger partial charge in [0.15, 0.2) is 5.13 Å². The molecule has 35 heavy (non-hydrogen) atoms. The summed E-state index contributed by atoms with van der Waals surface area (Å²) in [7, 11) is 0. The van der Waals surface area contributed by atoms with E-state index in [1.807, 2.05) is 53.9 Å². The Hall–Kier alpha value is -4.45. The summed E-state index contributed by atoms with van der Waals surface area (Å²) in [5.41, 5.74) is 3.00. The van der Waals surface area contributed by atoms with E-state index in [-0.39, 0.29) is 0 Å². The molecule has 1 atom stereocenters. The second-order valence-electron chi connectivity index (χ2n) is 8.27. The smallest absolute Gasteiger partial charge is 0.319 e. The van der Waals surface area contributed by atoms with Crippen molar-refractivity contribution in [2.24, 2.45) is 0 Å². The van der Waals surface area contributed by atoms with Crippen molar-refractivity contribution in [2.75, 3.05) is 11.9 Å². The van der Waals surface area contributed by atoms with Crippen LogP contribution in [0.2, 0.25) is 0 Å². The molecule has 1 spiro atoms. The summed E-state index contributed by atoms with van der Waals surface area (Å²) in [6, 6.07) is 14.5. The highest BCUT2D eigenvalue weighted by Gasteiger charge is 2.55. The van der Waals surface area contributed by atoms with Gasteiger partial charge in [-0.05, 0) is 46.5 Å². The first-order valence-corrected chi connectivity index (χ1v) is 11.7. The van der Waals surface area contributed by atoms with E-state index in [0.29, 0.717) is 23.7 Å². The molecule has 1 saturated heterocycles. The highest BCUT2D eigenvalue weighted by molar-refractivity contribution is 7.14. The van der Waals surface area contributed by atoms with Gasteiger partial charge in [-0.25, -0.2) is 14.5 Å². The van der Waals surface area contributed by atoms with Gasteiger partial charge in [-0.3, -0.25) is 14.5 Å². The van der Waals surface area contributed by atoms with E-state index < -0.39 is 29.9 Å². The summed E-state index contributed by atoms with van der Waals surface area (Å²) in [5, 5.41) is 18.9. The Morgan fingerprint density at radius 2 is 2.06 bits per heavy atom. The summed E-state index contributed by atoms with van der Waals surface area (Å²) in [6.07, 6.45) is 2.67.